The fourth-order valence-corrected chi connectivity index (χ4v) is 9.65. The lowest BCUT2D eigenvalue weighted by Gasteiger charge is -2.21. The van der Waals surface area contributed by atoms with E-state index in [2.05, 4.69) is 205 Å². The Morgan fingerprint density at radius 3 is 1.54 bits per heavy atom. The maximum absolute atomic E-state index is 5.14. The summed E-state index contributed by atoms with van der Waals surface area (Å²) in [5, 5.41) is 4.94. The lowest BCUT2D eigenvalue weighted by atomic mass is 9.82. The number of para-hydroxylation sites is 2. The number of benzene rings is 8. The van der Waals surface area contributed by atoms with Gasteiger partial charge in [-0.25, -0.2) is 9.97 Å². The van der Waals surface area contributed by atoms with Crippen LogP contribution >= 0.6 is 0 Å². The molecule has 278 valence electrons. The molecule has 0 unspecified atom stereocenters. The van der Waals surface area contributed by atoms with Gasteiger partial charge in [-0.1, -0.05) is 135 Å². The molecular formula is C55H38N4. The van der Waals surface area contributed by atoms with Crippen molar-refractivity contribution in [3.63, 3.8) is 0 Å². The Labute approximate surface area is 342 Å². The first-order valence-electron chi connectivity index (χ1n) is 20.3. The van der Waals surface area contributed by atoms with E-state index in [4.69, 9.17) is 9.97 Å². The molecule has 0 N–H and O–H groups in total. The van der Waals surface area contributed by atoms with Crippen LogP contribution in [0.2, 0.25) is 0 Å². The molecule has 12 rings (SSSR count). The molecule has 1 aliphatic carbocycles. The number of hydrogen-bond donors (Lipinski definition) is 0. The average Bonchev–Trinajstić information content (AvgIpc) is 3.87. The molecule has 1 aliphatic rings. The van der Waals surface area contributed by atoms with Gasteiger partial charge in [0.1, 0.15) is 0 Å². The highest BCUT2D eigenvalue weighted by atomic mass is 15.0. The second-order valence-corrected chi connectivity index (χ2v) is 16.2. The molecule has 8 aromatic carbocycles. The Morgan fingerprint density at radius 2 is 0.864 bits per heavy atom. The van der Waals surface area contributed by atoms with Gasteiger partial charge in [0.2, 0.25) is 0 Å². The van der Waals surface area contributed by atoms with Gasteiger partial charge < -0.3 is 9.13 Å². The highest BCUT2D eigenvalue weighted by Crippen LogP contribution is 2.51. The molecule has 0 atom stereocenters. The minimum absolute atomic E-state index is 0.131. The molecule has 0 bridgehead atoms. The molecule has 3 heterocycles. The third-order valence-corrected chi connectivity index (χ3v) is 12.5. The first-order chi connectivity index (χ1) is 29.0. The van der Waals surface area contributed by atoms with Crippen molar-refractivity contribution in [3.05, 3.63) is 205 Å². The summed E-state index contributed by atoms with van der Waals surface area (Å²) in [7, 11) is 0. The van der Waals surface area contributed by atoms with Gasteiger partial charge in [-0.3, -0.25) is 0 Å². The van der Waals surface area contributed by atoms with E-state index >= 15 is 0 Å². The van der Waals surface area contributed by atoms with E-state index in [1.807, 2.05) is 12.1 Å². The van der Waals surface area contributed by atoms with Crippen LogP contribution in [0.5, 0.6) is 0 Å². The van der Waals surface area contributed by atoms with Crippen molar-refractivity contribution in [2.45, 2.75) is 19.3 Å². The van der Waals surface area contributed by atoms with E-state index in [-0.39, 0.29) is 5.41 Å². The summed E-state index contributed by atoms with van der Waals surface area (Å²) in [5.74, 6) is 0.701. The number of fused-ring (bicyclic) bond motifs is 9. The molecule has 11 aromatic rings. The minimum atomic E-state index is -0.131. The maximum Gasteiger partial charge on any atom is 0.160 e. The summed E-state index contributed by atoms with van der Waals surface area (Å²) in [5.41, 5.74) is 17.2. The van der Waals surface area contributed by atoms with E-state index in [9.17, 15) is 0 Å². The first kappa shape index (κ1) is 33.6. The van der Waals surface area contributed by atoms with Crippen molar-refractivity contribution in [2.24, 2.45) is 0 Å². The highest BCUT2D eigenvalue weighted by molar-refractivity contribution is 6.19. The fourth-order valence-electron chi connectivity index (χ4n) is 9.65. The average molecular weight is 755 g/mol. The number of aromatic nitrogens is 4. The van der Waals surface area contributed by atoms with Gasteiger partial charge >= 0.3 is 0 Å². The quantitative estimate of drug-likeness (QED) is 0.175. The standard InChI is InChI=1S/C55H38N4/c1-55(2)46-24-14-12-22-40(46)42-30-43-45-32-51-44(41-23-13-15-25-50(41)58(51)38-20-10-5-11-21-38)31-52(45)59(53(43)33-47(42)55)39-28-26-37(27-29-39)54-56-48(35-16-6-3-7-17-35)34-49(57-54)36-18-8-4-9-19-36/h3-34H,1-2H3. The molecule has 4 heteroatoms. The molecule has 0 radical (unpaired) electrons. The first-order valence-corrected chi connectivity index (χ1v) is 20.3. The summed E-state index contributed by atoms with van der Waals surface area (Å²) < 4.78 is 4.89. The summed E-state index contributed by atoms with van der Waals surface area (Å²) >= 11 is 0. The van der Waals surface area contributed by atoms with Crippen LogP contribution in [0, 0.1) is 0 Å². The Kier molecular flexibility index (Phi) is 7.24. The van der Waals surface area contributed by atoms with Crippen LogP contribution in [0.3, 0.4) is 0 Å². The molecule has 0 fully saturated rings. The van der Waals surface area contributed by atoms with E-state index in [0.717, 1.165) is 39.5 Å². The summed E-state index contributed by atoms with van der Waals surface area (Å²) in [4.78, 5) is 10.3. The zero-order chi connectivity index (χ0) is 39.2. The minimum Gasteiger partial charge on any atom is -0.309 e. The Bertz CT molecular complexity index is 3370. The normalized spacial score (nSPS) is 13.1. The van der Waals surface area contributed by atoms with E-state index in [1.54, 1.807) is 0 Å². The highest BCUT2D eigenvalue weighted by Gasteiger charge is 2.36. The third-order valence-electron chi connectivity index (χ3n) is 12.5. The van der Waals surface area contributed by atoms with E-state index in [0.29, 0.717) is 5.82 Å². The lowest BCUT2D eigenvalue weighted by Crippen LogP contribution is -2.14. The molecule has 3 aromatic heterocycles. The van der Waals surface area contributed by atoms with Gasteiger partial charge in [0.05, 0.1) is 33.5 Å². The zero-order valence-corrected chi connectivity index (χ0v) is 32.8. The number of nitrogens with zero attached hydrogens (tertiary/aromatic N) is 4. The molecule has 0 amide bonds. The van der Waals surface area contributed by atoms with Crippen molar-refractivity contribution in [2.75, 3.05) is 0 Å². The van der Waals surface area contributed by atoms with Crippen molar-refractivity contribution in [1.29, 1.82) is 0 Å². The van der Waals surface area contributed by atoms with Crippen LogP contribution in [0.1, 0.15) is 25.0 Å². The summed E-state index contributed by atoms with van der Waals surface area (Å²) in [6, 6.07) is 69.9. The Morgan fingerprint density at radius 1 is 0.356 bits per heavy atom. The van der Waals surface area contributed by atoms with E-state index < -0.39 is 0 Å². The van der Waals surface area contributed by atoms with Crippen molar-refractivity contribution < 1.29 is 0 Å². The topological polar surface area (TPSA) is 35.6 Å². The Balaban J connectivity index is 1.10. The molecule has 4 nitrogen and oxygen atoms in total. The second kappa shape index (κ2) is 12.7. The third kappa shape index (κ3) is 5.09. The van der Waals surface area contributed by atoms with Crippen molar-refractivity contribution >= 4 is 43.6 Å². The summed E-state index contributed by atoms with van der Waals surface area (Å²) in [6.45, 7) is 4.73. The van der Waals surface area contributed by atoms with Crippen molar-refractivity contribution in [1.82, 2.24) is 19.1 Å². The predicted octanol–water partition coefficient (Wildman–Crippen LogP) is 14.0. The monoisotopic (exact) mass is 754 g/mol. The maximum atomic E-state index is 5.14. The molecule has 0 saturated heterocycles. The van der Waals surface area contributed by atoms with E-state index in [1.165, 1.54) is 65.9 Å². The van der Waals surface area contributed by atoms with Gasteiger partial charge in [-0.05, 0) is 95.1 Å². The van der Waals surface area contributed by atoms with Crippen LogP contribution in [0.15, 0.2) is 194 Å². The van der Waals surface area contributed by atoms with Crippen LogP contribution in [0.25, 0.3) is 100 Å². The predicted molar refractivity (Wildman–Crippen MR) is 245 cm³/mol. The number of rotatable bonds is 5. The van der Waals surface area contributed by atoms with Gasteiger partial charge in [0, 0.05) is 55.0 Å². The lowest BCUT2D eigenvalue weighted by molar-refractivity contribution is 0.661. The molecule has 0 saturated carbocycles. The SMILES string of the molecule is CC1(C)c2ccccc2-c2cc3c4cc5c(cc4n(-c4ccc(-c6nc(-c7ccccc7)cc(-c7ccccc7)n6)cc4)c3cc21)c1ccccc1n5-c1ccccc1. The largest absolute Gasteiger partial charge is 0.309 e. The van der Waals surface area contributed by atoms with Crippen LogP contribution in [-0.2, 0) is 5.41 Å². The van der Waals surface area contributed by atoms with Crippen LogP contribution in [-0.4, -0.2) is 19.1 Å². The second-order valence-electron chi connectivity index (χ2n) is 16.2. The van der Waals surface area contributed by atoms with Crippen LogP contribution in [0.4, 0.5) is 0 Å². The Hall–Kier alpha value is -7.56. The smallest absolute Gasteiger partial charge is 0.160 e. The molecule has 59 heavy (non-hydrogen) atoms. The van der Waals surface area contributed by atoms with Gasteiger partial charge in [-0.2, -0.15) is 0 Å². The van der Waals surface area contributed by atoms with Gasteiger partial charge in [-0.15, -0.1) is 0 Å². The number of hydrogen-bond acceptors (Lipinski definition) is 2. The fraction of sp³-hybridized carbons (Fsp3) is 0.0545. The molecular weight excluding hydrogens is 717 g/mol. The van der Waals surface area contributed by atoms with Gasteiger partial charge in [0.25, 0.3) is 0 Å². The molecule has 0 aliphatic heterocycles. The zero-order valence-electron chi connectivity index (χ0n) is 32.8. The summed E-state index contributed by atoms with van der Waals surface area (Å²) in [6.07, 6.45) is 0. The molecule has 0 spiro atoms. The van der Waals surface area contributed by atoms with Crippen LogP contribution < -0.4 is 0 Å². The van der Waals surface area contributed by atoms with Gasteiger partial charge in [0.15, 0.2) is 5.82 Å². The van der Waals surface area contributed by atoms with Crippen molar-refractivity contribution in [3.8, 4) is 56.4 Å².